The van der Waals surface area contributed by atoms with Crippen LogP contribution in [0.15, 0.2) is 35.3 Å². The van der Waals surface area contributed by atoms with Crippen molar-refractivity contribution in [2.24, 2.45) is 5.92 Å². The highest BCUT2D eigenvalue weighted by Gasteiger charge is 2.37. The molecule has 13 heteroatoms. The molecule has 4 aromatic rings. The van der Waals surface area contributed by atoms with Crippen LogP contribution in [0.1, 0.15) is 36.7 Å². The topological polar surface area (TPSA) is 153 Å². The molecule has 1 fully saturated rings. The highest BCUT2D eigenvalue weighted by molar-refractivity contribution is 6.35. The number of rotatable bonds is 6. The van der Waals surface area contributed by atoms with Crippen molar-refractivity contribution < 1.29 is 8.78 Å². The van der Waals surface area contributed by atoms with Crippen LogP contribution in [0, 0.1) is 5.92 Å². The summed E-state index contributed by atoms with van der Waals surface area (Å²) in [6.07, 6.45) is 0.308. The zero-order chi connectivity index (χ0) is 23.3. The van der Waals surface area contributed by atoms with Gasteiger partial charge >= 0.3 is 0 Å². The summed E-state index contributed by atoms with van der Waals surface area (Å²) in [5.41, 5.74) is 10.7. The lowest BCUT2D eigenvalue weighted by Crippen LogP contribution is -2.30. The van der Waals surface area contributed by atoms with Crippen molar-refractivity contribution in [1.29, 1.82) is 0 Å². The molecule has 33 heavy (non-hydrogen) atoms. The number of halogens is 3. The number of nitrogens with zero attached hydrogens (tertiary/aromatic N) is 5. The van der Waals surface area contributed by atoms with Crippen molar-refractivity contribution in [2.45, 2.75) is 25.3 Å². The molecule has 1 atom stereocenters. The van der Waals surface area contributed by atoms with Gasteiger partial charge in [-0.25, -0.2) is 18.3 Å². The first-order valence-electron chi connectivity index (χ1n) is 10.0. The van der Waals surface area contributed by atoms with Crippen LogP contribution in [0.4, 0.5) is 26.4 Å². The summed E-state index contributed by atoms with van der Waals surface area (Å²) in [4.78, 5) is 26.2. The highest BCUT2D eigenvalue weighted by Crippen LogP contribution is 2.44. The molecule has 170 valence electrons. The minimum atomic E-state index is -2.84. The predicted molar refractivity (Wildman–Crippen MR) is 119 cm³/mol. The molecule has 1 saturated carbocycles. The van der Waals surface area contributed by atoms with Crippen molar-refractivity contribution in [3.8, 4) is 5.82 Å². The summed E-state index contributed by atoms with van der Waals surface area (Å²) in [7, 11) is 0. The van der Waals surface area contributed by atoms with Gasteiger partial charge in [0.1, 0.15) is 22.5 Å². The minimum absolute atomic E-state index is 0.000202. The molecule has 3 heterocycles. The molecule has 10 nitrogen and oxygen atoms in total. The van der Waals surface area contributed by atoms with Gasteiger partial charge in [-0.1, -0.05) is 23.7 Å². The van der Waals surface area contributed by atoms with Crippen LogP contribution in [0.5, 0.6) is 0 Å². The number of nitrogen functional groups attached to an aromatic ring is 2. The van der Waals surface area contributed by atoms with E-state index >= 15 is 0 Å². The molecule has 1 aliphatic carbocycles. The van der Waals surface area contributed by atoms with E-state index in [2.05, 4.69) is 30.5 Å². The Kier molecular flexibility index (Phi) is 5.08. The molecule has 6 N–H and O–H groups in total. The Morgan fingerprint density at radius 2 is 1.97 bits per heavy atom. The molecule has 0 amide bonds. The summed E-state index contributed by atoms with van der Waals surface area (Å²) in [6.45, 7) is 0. The zero-order valence-electron chi connectivity index (χ0n) is 17.0. The Balaban J connectivity index is 1.75. The summed E-state index contributed by atoms with van der Waals surface area (Å²) in [5, 5.41) is 9.73. The molecule has 5 rings (SSSR count). The molecule has 0 unspecified atom stereocenters. The number of aromatic amines is 1. The number of nitrogens with two attached hydrogens (primary N) is 2. The first-order chi connectivity index (χ1) is 15.8. The molecular weight excluding hydrogens is 456 g/mol. The van der Waals surface area contributed by atoms with Crippen LogP contribution in [0.3, 0.4) is 0 Å². The lowest BCUT2D eigenvalue weighted by molar-refractivity contribution is 0.153. The van der Waals surface area contributed by atoms with Crippen LogP contribution in [-0.4, -0.2) is 29.7 Å². The van der Waals surface area contributed by atoms with E-state index in [0.717, 1.165) is 12.8 Å². The number of anilines is 3. The average molecular weight is 474 g/mol. The third kappa shape index (κ3) is 3.71. The van der Waals surface area contributed by atoms with E-state index in [4.69, 9.17) is 23.1 Å². The summed E-state index contributed by atoms with van der Waals surface area (Å²) < 4.78 is 28.6. The standard InChI is InChI=1S/C20H18ClF2N9O/c21-13-16(24)29-20(25)30-17(13)28-14(8-4-5-8)18-27-10-3-1-2-9(15(22)23)12(10)19(33)32(18)11-6-7-26-31-11/h1-3,6-8,14-15H,4-5H2,(H,26,31)(H5,24,25,28,29,30)/t14-/m0/s1. The molecular formula is C20H18ClF2N9O. The smallest absolute Gasteiger partial charge is 0.267 e. The van der Waals surface area contributed by atoms with Crippen molar-refractivity contribution in [2.75, 3.05) is 16.8 Å². The second kappa shape index (κ2) is 7.96. The maximum Gasteiger partial charge on any atom is 0.267 e. The van der Waals surface area contributed by atoms with Crippen molar-refractivity contribution in [3.63, 3.8) is 0 Å². The fourth-order valence-corrected chi connectivity index (χ4v) is 3.96. The van der Waals surface area contributed by atoms with Gasteiger partial charge in [0.25, 0.3) is 12.0 Å². The lowest BCUT2D eigenvalue weighted by atomic mass is 10.1. The molecule has 3 aromatic heterocycles. The minimum Gasteiger partial charge on any atom is -0.382 e. The van der Waals surface area contributed by atoms with E-state index < -0.39 is 18.0 Å². The molecule has 0 bridgehead atoms. The molecule has 1 aromatic carbocycles. The number of H-pyrrole nitrogens is 1. The van der Waals surface area contributed by atoms with E-state index in [1.165, 1.54) is 29.0 Å². The van der Waals surface area contributed by atoms with E-state index in [-0.39, 0.29) is 56.6 Å². The third-order valence-electron chi connectivity index (χ3n) is 5.48. The summed E-state index contributed by atoms with van der Waals surface area (Å²) in [5.74, 6) is 0.764. The number of benzene rings is 1. The van der Waals surface area contributed by atoms with Gasteiger partial charge in [0.05, 0.1) is 23.1 Å². The molecule has 0 radical (unpaired) electrons. The number of hydrogen-bond acceptors (Lipinski definition) is 8. The largest absolute Gasteiger partial charge is 0.382 e. The average Bonchev–Trinajstić information content (AvgIpc) is 3.48. The van der Waals surface area contributed by atoms with Crippen molar-refractivity contribution in [1.82, 2.24) is 29.7 Å². The van der Waals surface area contributed by atoms with Gasteiger partial charge < -0.3 is 16.8 Å². The molecule has 0 aliphatic heterocycles. The van der Waals surface area contributed by atoms with Crippen LogP contribution in [0.25, 0.3) is 16.7 Å². The normalized spacial score (nSPS) is 14.7. The van der Waals surface area contributed by atoms with Crippen LogP contribution >= 0.6 is 11.6 Å². The highest BCUT2D eigenvalue weighted by atomic mass is 35.5. The number of aromatic nitrogens is 6. The van der Waals surface area contributed by atoms with Gasteiger partial charge in [0.2, 0.25) is 5.95 Å². The monoisotopic (exact) mass is 473 g/mol. The van der Waals surface area contributed by atoms with Crippen molar-refractivity contribution in [3.05, 3.63) is 57.2 Å². The fraction of sp³-hybridized carbons (Fsp3) is 0.250. The molecule has 0 saturated heterocycles. The number of alkyl halides is 2. The van der Waals surface area contributed by atoms with Gasteiger partial charge in [0, 0.05) is 11.6 Å². The van der Waals surface area contributed by atoms with E-state index in [0.29, 0.717) is 0 Å². The van der Waals surface area contributed by atoms with Gasteiger partial charge in [-0.15, -0.1) is 0 Å². The number of fused-ring (bicyclic) bond motifs is 1. The molecule has 1 aliphatic rings. The SMILES string of the molecule is Nc1nc(N)c(Cl)c(N[C@H](c2nc3cccc(C(F)F)c3c(=O)n2-c2ccn[nH]2)C2CC2)n1. The summed E-state index contributed by atoms with van der Waals surface area (Å²) >= 11 is 6.29. The van der Waals surface area contributed by atoms with Crippen molar-refractivity contribution >= 4 is 40.1 Å². The van der Waals surface area contributed by atoms with Gasteiger partial charge in [0.15, 0.2) is 5.82 Å². The maximum absolute atomic E-state index is 13.7. The van der Waals surface area contributed by atoms with E-state index in [1.807, 2.05) is 0 Å². The van der Waals surface area contributed by atoms with Crippen LogP contribution < -0.4 is 22.3 Å². The van der Waals surface area contributed by atoms with Crippen LogP contribution in [0.2, 0.25) is 5.02 Å². The Morgan fingerprint density at radius 1 is 1.18 bits per heavy atom. The Labute approximate surface area is 190 Å². The van der Waals surface area contributed by atoms with Gasteiger partial charge in [-0.2, -0.15) is 15.1 Å². The second-order valence-corrected chi connectivity index (χ2v) is 8.06. The number of nitrogens with one attached hydrogen (secondary N) is 2. The third-order valence-corrected chi connectivity index (χ3v) is 5.85. The Bertz CT molecular complexity index is 1400. The summed E-state index contributed by atoms with van der Waals surface area (Å²) in [6, 6.07) is 5.20. The first kappa shape index (κ1) is 21.1. The quantitative estimate of drug-likeness (QED) is 0.333. The van der Waals surface area contributed by atoms with E-state index in [9.17, 15) is 13.6 Å². The first-order valence-corrected chi connectivity index (χ1v) is 10.4. The maximum atomic E-state index is 13.7. The Hall–Kier alpha value is -3.80. The van der Waals surface area contributed by atoms with Gasteiger partial charge in [-0.05, 0) is 24.8 Å². The Morgan fingerprint density at radius 3 is 2.64 bits per heavy atom. The zero-order valence-corrected chi connectivity index (χ0v) is 17.7. The van der Waals surface area contributed by atoms with Gasteiger partial charge in [-0.3, -0.25) is 9.89 Å². The lowest BCUT2D eigenvalue weighted by Gasteiger charge is -2.23. The molecule has 0 spiro atoms. The van der Waals surface area contributed by atoms with Crippen LogP contribution in [-0.2, 0) is 0 Å². The fourth-order valence-electron chi connectivity index (χ4n) is 3.82. The second-order valence-electron chi connectivity index (χ2n) is 7.68. The predicted octanol–water partition coefficient (Wildman–Crippen LogP) is 3.22. The van der Waals surface area contributed by atoms with E-state index in [1.54, 1.807) is 6.07 Å². The number of hydrogen-bond donors (Lipinski definition) is 4.